The van der Waals surface area contributed by atoms with E-state index in [1.807, 2.05) is 0 Å². The number of carboxylic acid groups (broad SMARTS) is 1. The third-order valence-electron chi connectivity index (χ3n) is 8.43. The lowest BCUT2D eigenvalue weighted by molar-refractivity contribution is -0.142. The fourth-order valence-electron chi connectivity index (χ4n) is 5.42. The van der Waals surface area contributed by atoms with Crippen molar-refractivity contribution < 1.29 is 49.5 Å². The highest BCUT2D eigenvalue weighted by Gasteiger charge is 2.32. The Balaban J connectivity index is 1.63. The summed E-state index contributed by atoms with van der Waals surface area (Å²) < 4.78 is 0. The minimum atomic E-state index is -1.43. The molecule has 0 saturated heterocycles. The molecule has 15 nitrogen and oxygen atoms in total. The molecule has 0 aromatic heterocycles. The number of benzene rings is 4. The molecule has 0 bridgehead atoms. The van der Waals surface area contributed by atoms with E-state index < -0.39 is 59.8 Å². The minimum absolute atomic E-state index is 0.00840. The Hall–Kier alpha value is -6.61. The number of carbonyl (C=O) groups excluding carboxylic acids is 4. The smallest absolute Gasteiger partial charge is 0.326 e. The van der Waals surface area contributed by atoms with Crippen molar-refractivity contribution in [3.8, 4) is 23.0 Å². The van der Waals surface area contributed by atoms with Crippen molar-refractivity contribution in [3.05, 3.63) is 119 Å². The van der Waals surface area contributed by atoms with Gasteiger partial charge in [-0.1, -0.05) is 48.5 Å². The van der Waals surface area contributed by atoms with Crippen molar-refractivity contribution in [1.29, 1.82) is 0 Å². The number of nitrogens with two attached hydrogens (primary N) is 1. The van der Waals surface area contributed by atoms with Gasteiger partial charge in [0.15, 0.2) is 0 Å². The van der Waals surface area contributed by atoms with Crippen LogP contribution in [0.15, 0.2) is 97.1 Å². The first-order valence-corrected chi connectivity index (χ1v) is 17.0. The molecule has 4 aromatic rings. The molecule has 11 N–H and O–H groups in total. The van der Waals surface area contributed by atoms with Crippen LogP contribution in [0.1, 0.15) is 29.2 Å². The van der Waals surface area contributed by atoms with E-state index in [1.165, 1.54) is 91.9 Å². The van der Waals surface area contributed by atoms with Gasteiger partial charge in [0.2, 0.25) is 23.6 Å². The van der Waals surface area contributed by atoms with Gasteiger partial charge in [0.25, 0.3) is 0 Å². The number of rotatable bonds is 17. The van der Waals surface area contributed by atoms with Crippen molar-refractivity contribution in [1.82, 2.24) is 21.3 Å². The molecule has 0 spiro atoms. The van der Waals surface area contributed by atoms with E-state index in [1.54, 1.807) is 12.1 Å². The van der Waals surface area contributed by atoms with Gasteiger partial charge in [0.05, 0.1) is 6.04 Å². The number of aliphatic carboxylic acids is 1. The fourth-order valence-corrected chi connectivity index (χ4v) is 5.42. The summed E-state index contributed by atoms with van der Waals surface area (Å²) in [7, 11) is 0. The summed E-state index contributed by atoms with van der Waals surface area (Å²) in [5.74, 6) is -4.56. The maximum absolute atomic E-state index is 14.1. The Morgan fingerprint density at radius 3 is 0.907 bits per heavy atom. The molecule has 0 unspecified atom stereocenters. The Morgan fingerprint density at radius 1 is 0.444 bits per heavy atom. The van der Waals surface area contributed by atoms with Crippen molar-refractivity contribution >= 4 is 29.6 Å². The van der Waals surface area contributed by atoms with Crippen LogP contribution >= 0.6 is 0 Å². The SMILES string of the molecule is C[C@@H](N)C(=O)N[C@H](Cc1ccc(O)cc1)C(=O)N[C@H](Cc1ccc(O)cc1)C(=O)N[C@H](Cc1ccc(O)cc1)C(=O)N[C@H](Cc1ccc(O)cc1)C(=O)O. The maximum Gasteiger partial charge on any atom is 0.326 e. The van der Waals surface area contributed by atoms with Gasteiger partial charge in [-0.25, -0.2) is 4.79 Å². The van der Waals surface area contributed by atoms with Crippen LogP contribution in [-0.2, 0) is 49.7 Å². The summed E-state index contributed by atoms with van der Waals surface area (Å²) in [6.07, 6.45) is -0.452. The Labute approximate surface area is 310 Å². The highest BCUT2D eigenvalue weighted by molar-refractivity contribution is 5.95. The molecule has 4 aromatic carbocycles. The van der Waals surface area contributed by atoms with Crippen molar-refractivity contribution in [2.24, 2.45) is 5.73 Å². The van der Waals surface area contributed by atoms with E-state index in [4.69, 9.17) is 5.73 Å². The van der Waals surface area contributed by atoms with E-state index in [-0.39, 0.29) is 48.7 Å². The molecule has 284 valence electrons. The van der Waals surface area contributed by atoms with Gasteiger partial charge in [0, 0.05) is 25.7 Å². The third kappa shape index (κ3) is 12.3. The third-order valence-corrected chi connectivity index (χ3v) is 8.43. The zero-order valence-electron chi connectivity index (χ0n) is 29.3. The lowest BCUT2D eigenvalue weighted by Gasteiger charge is -2.27. The van der Waals surface area contributed by atoms with Crippen LogP contribution in [0.25, 0.3) is 0 Å². The number of aromatic hydroxyl groups is 4. The Bertz CT molecular complexity index is 1900. The highest BCUT2D eigenvalue weighted by Crippen LogP contribution is 2.16. The van der Waals surface area contributed by atoms with E-state index in [9.17, 15) is 49.5 Å². The highest BCUT2D eigenvalue weighted by atomic mass is 16.4. The molecule has 15 heteroatoms. The molecule has 0 aliphatic carbocycles. The molecule has 0 saturated carbocycles. The second-order valence-electron chi connectivity index (χ2n) is 12.9. The van der Waals surface area contributed by atoms with Crippen LogP contribution in [0.4, 0.5) is 0 Å². The van der Waals surface area contributed by atoms with E-state index in [0.29, 0.717) is 22.3 Å². The molecule has 0 aliphatic heterocycles. The normalized spacial score (nSPS) is 13.7. The van der Waals surface area contributed by atoms with Crippen molar-refractivity contribution in [2.75, 3.05) is 0 Å². The molecule has 0 radical (unpaired) electrons. The maximum atomic E-state index is 14.1. The summed E-state index contributed by atoms with van der Waals surface area (Å²) >= 11 is 0. The summed E-state index contributed by atoms with van der Waals surface area (Å²) in [4.78, 5) is 66.7. The van der Waals surface area contributed by atoms with Crippen LogP contribution in [0.3, 0.4) is 0 Å². The zero-order chi connectivity index (χ0) is 39.4. The van der Waals surface area contributed by atoms with Crippen LogP contribution in [0.5, 0.6) is 23.0 Å². The molecule has 54 heavy (non-hydrogen) atoms. The first-order chi connectivity index (χ1) is 25.7. The van der Waals surface area contributed by atoms with E-state index in [2.05, 4.69) is 21.3 Å². The van der Waals surface area contributed by atoms with Crippen LogP contribution in [-0.4, -0.2) is 85.3 Å². The summed E-state index contributed by atoms with van der Waals surface area (Å²) in [6, 6.07) is 17.0. The predicted octanol–water partition coefficient (Wildman–Crippen LogP) is 1.15. The zero-order valence-corrected chi connectivity index (χ0v) is 29.3. The van der Waals surface area contributed by atoms with E-state index in [0.717, 1.165) is 0 Å². The lowest BCUT2D eigenvalue weighted by atomic mass is 10.00. The number of nitrogens with one attached hydrogen (secondary N) is 4. The summed E-state index contributed by atoms with van der Waals surface area (Å²) in [5, 5.41) is 59.3. The topological polar surface area (TPSA) is 261 Å². The van der Waals surface area contributed by atoms with Gasteiger partial charge in [0.1, 0.15) is 47.2 Å². The number of amides is 4. The van der Waals surface area contributed by atoms with Crippen LogP contribution in [0, 0.1) is 0 Å². The van der Waals surface area contributed by atoms with E-state index >= 15 is 0 Å². The van der Waals surface area contributed by atoms with Crippen LogP contribution < -0.4 is 27.0 Å². The Morgan fingerprint density at radius 2 is 0.667 bits per heavy atom. The fraction of sp³-hybridized carbons (Fsp3) is 0.256. The van der Waals surface area contributed by atoms with Crippen LogP contribution in [0.2, 0.25) is 0 Å². The van der Waals surface area contributed by atoms with Crippen molar-refractivity contribution in [2.45, 2.75) is 62.8 Å². The van der Waals surface area contributed by atoms with Gasteiger partial charge in [-0.05, 0) is 77.7 Å². The first kappa shape index (κ1) is 40.2. The molecule has 0 fully saturated rings. The second-order valence-corrected chi connectivity index (χ2v) is 12.9. The lowest BCUT2D eigenvalue weighted by Crippen LogP contribution is -2.59. The first-order valence-electron chi connectivity index (χ1n) is 17.0. The average molecular weight is 742 g/mol. The summed E-state index contributed by atoms with van der Waals surface area (Å²) in [6.45, 7) is 1.44. The molecule has 4 rings (SSSR count). The van der Waals surface area contributed by atoms with Gasteiger partial charge in [-0.3, -0.25) is 19.2 Å². The molecular formula is C39H43N5O10. The molecule has 0 heterocycles. The molecule has 5 atom stereocenters. The predicted molar refractivity (Wildman–Crippen MR) is 196 cm³/mol. The van der Waals surface area contributed by atoms with Gasteiger partial charge >= 0.3 is 5.97 Å². The quantitative estimate of drug-likeness (QED) is 0.0734. The Kier molecular flexibility index (Phi) is 13.9. The second kappa shape index (κ2) is 18.8. The summed E-state index contributed by atoms with van der Waals surface area (Å²) in [5.41, 5.74) is 7.86. The largest absolute Gasteiger partial charge is 0.508 e. The van der Waals surface area contributed by atoms with Crippen molar-refractivity contribution in [3.63, 3.8) is 0 Å². The number of hydrogen-bond donors (Lipinski definition) is 10. The van der Waals surface area contributed by atoms with Gasteiger partial charge in [-0.15, -0.1) is 0 Å². The number of hydrogen-bond acceptors (Lipinski definition) is 10. The monoisotopic (exact) mass is 741 g/mol. The van der Waals surface area contributed by atoms with Gasteiger partial charge in [-0.2, -0.15) is 0 Å². The number of phenolic OH excluding ortho intramolecular Hbond substituents is 4. The minimum Gasteiger partial charge on any atom is -0.508 e. The molecule has 0 aliphatic rings. The molecular weight excluding hydrogens is 698 g/mol. The number of carboxylic acids is 1. The number of phenols is 4. The number of carbonyl (C=O) groups is 5. The standard InChI is InChI=1S/C39H43N5O10/c1-22(40)35(49)41-31(18-23-2-10-27(45)11-3-23)36(50)42-32(19-24-4-12-28(46)13-5-24)37(51)43-33(20-25-6-14-29(47)15-7-25)38(52)44-34(39(53)54)21-26-8-16-30(48)17-9-26/h2-17,22,31-34,45-48H,18-21,40H2,1H3,(H,41,49)(H,42,50)(H,43,51)(H,44,52)(H,53,54)/t22-,31-,32-,33-,34-/m1/s1. The average Bonchev–Trinajstić information content (AvgIpc) is 3.13. The van der Waals surface area contributed by atoms with Gasteiger partial charge < -0.3 is 52.5 Å². The molecule has 4 amide bonds.